The summed E-state index contributed by atoms with van der Waals surface area (Å²) in [7, 11) is 0. The van der Waals surface area contributed by atoms with Gasteiger partial charge in [0.25, 0.3) is 6.71 Å². The molecule has 0 spiro atoms. The van der Waals surface area contributed by atoms with E-state index >= 15 is 0 Å². The number of benzene rings is 11. The molecule has 5 heterocycles. The molecule has 0 unspecified atom stereocenters. The Morgan fingerprint density at radius 2 is 0.553 bits per heavy atom. The van der Waals surface area contributed by atoms with Crippen LogP contribution in [0.2, 0.25) is 0 Å². The van der Waals surface area contributed by atoms with Gasteiger partial charge in [0.05, 0.1) is 39.5 Å². The molecule has 12 aromatic rings. The molecule has 0 amide bonds. The van der Waals surface area contributed by atoms with E-state index in [-0.39, 0.29) is 39.2 Å². The molecular weight excluding hydrogens is 1140 g/mol. The zero-order valence-corrected chi connectivity index (χ0v) is 57.8. The summed E-state index contributed by atoms with van der Waals surface area (Å²) in [5, 5.41) is 2.47. The van der Waals surface area contributed by atoms with E-state index in [1.807, 2.05) is 0 Å². The molecule has 4 aliphatic heterocycles. The Labute approximate surface area is 558 Å². The average Bonchev–Trinajstić information content (AvgIpc) is 0.730. The van der Waals surface area contributed by atoms with Crippen LogP contribution in [-0.2, 0) is 32.5 Å². The second-order valence-electron chi connectivity index (χ2n) is 32.4. The molecule has 466 valence electrons. The number of aromatic nitrogens is 1. The first kappa shape index (κ1) is 59.5. The molecule has 0 saturated carbocycles. The Hall–Kier alpha value is -9.52. The molecule has 1 aromatic heterocycles. The quantitative estimate of drug-likeness (QED) is 0.160. The van der Waals surface area contributed by atoms with E-state index in [2.05, 4.69) is 365 Å². The summed E-state index contributed by atoms with van der Waals surface area (Å²) < 4.78 is 2.55. The van der Waals surface area contributed by atoms with Gasteiger partial charge in [-0.1, -0.05) is 244 Å². The predicted molar refractivity (Wildman–Crippen MR) is 403 cm³/mol. The summed E-state index contributed by atoms with van der Waals surface area (Å²) in [6.45, 7) is 37.8. The maximum absolute atomic E-state index is 2.69. The van der Waals surface area contributed by atoms with Crippen molar-refractivity contribution in [2.45, 2.75) is 143 Å². The Balaban J connectivity index is 1.07. The van der Waals surface area contributed by atoms with Crippen molar-refractivity contribution in [3.05, 3.63) is 275 Å². The van der Waals surface area contributed by atoms with Gasteiger partial charge in [0, 0.05) is 67.1 Å². The standard InChI is InChI=1S/C88H86BN5/c1-83(2,3)55-45-56(84(4,5)6)48-61(47-55)93-78-51-59(90-74-37-25-19-31-66(74)87(13,14)67-32-20-26-38-75(67)90)41-43-70(78)89-71-44-42-60(91-76-39-27-21-33-68(76)88(15,16)69-34-22-28-40-77(69)91)52-79(71)94(62-49-57(85(7,8)9)46-58(50-62)86(10,11)12)81-54-63(53-80(93)82(81)89)92-72-35-23-17-29-64(72)65-30-18-24-36-73(65)92/h17-54H,1-16H3. The largest absolute Gasteiger partial charge is 0.311 e. The van der Waals surface area contributed by atoms with Gasteiger partial charge in [0.2, 0.25) is 0 Å². The third kappa shape index (κ3) is 9.01. The number of hydrogen-bond acceptors (Lipinski definition) is 4. The first-order chi connectivity index (χ1) is 44.7. The van der Waals surface area contributed by atoms with Gasteiger partial charge in [-0.05, 0) is 180 Å². The normalized spacial score (nSPS) is 15.3. The van der Waals surface area contributed by atoms with Crippen LogP contribution in [0.3, 0.4) is 0 Å². The van der Waals surface area contributed by atoms with Crippen LogP contribution in [0.15, 0.2) is 231 Å². The number of fused-ring (bicyclic) bond motifs is 11. The topological polar surface area (TPSA) is 17.9 Å². The van der Waals surface area contributed by atoms with E-state index in [1.165, 1.54) is 128 Å². The molecule has 94 heavy (non-hydrogen) atoms. The first-order valence-electron chi connectivity index (χ1n) is 34.0. The molecule has 0 N–H and O–H groups in total. The number of nitrogens with zero attached hydrogens (tertiary/aromatic N) is 5. The van der Waals surface area contributed by atoms with Crippen molar-refractivity contribution < 1.29 is 0 Å². The summed E-state index contributed by atoms with van der Waals surface area (Å²) in [4.78, 5) is 10.5. The number of rotatable bonds is 5. The van der Waals surface area contributed by atoms with E-state index < -0.39 is 0 Å². The van der Waals surface area contributed by atoms with Gasteiger partial charge >= 0.3 is 0 Å². The van der Waals surface area contributed by atoms with Crippen molar-refractivity contribution in [3.63, 3.8) is 0 Å². The first-order valence-corrected chi connectivity index (χ1v) is 34.0. The van der Waals surface area contributed by atoms with Gasteiger partial charge in [0.1, 0.15) is 0 Å². The minimum atomic E-state index is -0.218. The smallest absolute Gasteiger partial charge is 0.252 e. The van der Waals surface area contributed by atoms with Crippen LogP contribution in [0.4, 0.5) is 68.2 Å². The Morgan fingerprint density at radius 3 is 0.883 bits per heavy atom. The number of anilines is 12. The fraction of sp³-hybridized carbons (Fsp3) is 0.250. The molecule has 16 rings (SSSR count). The van der Waals surface area contributed by atoms with Gasteiger partial charge < -0.3 is 24.2 Å². The zero-order valence-electron chi connectivity index (χ0n) is 57.8. The van der Waals surface area contributed by atoms with E-state index in [1.54, 1.807) is 0 Å². The molecular formula is C88H86BN5. The van der Waals surface area contributed by atoms with Gasteiger partial charge in [-0.2, -0.15) is 0 Å². The molecule has 0 fully saturated rings. The highest BCUT2D eigenvalue weighted by Gasteiger charge is 2.47. The van der Waals surface area contributed by atoms with E-state index in [4.69, 9.17) is 0 Å². The molecule has 11 aromatic carbocycles. The van der Waals surface area contributed by atoms with Crippen LogP contribution in [0.1, 0.15) is 155 Å². The van der Waals surface area contributed by atoms with Crippen molar-refractivity contribution in [2.24, 2.45) is 0 Å². The highest BCUT2D eigenvalue weighted by molar-refractivity contribution is 7.00. The van der Waals surface area contributed by atoms with Crippen LogP contribution in [0.5, 0.6) is 0 Å². The lowest BCUT2D eigenvalue weighted by Gasteiger charge is -2.46. The molecule has 0 radical (unpaired) electrons. The summed E-state index contributed by atoms with van der Waals surface area (Å²) in [6, 6.07) is 89.5. The Morgan fingerprint density at radius 1 is 0.266 bits per heavy atom. The number of hydrogen-bond donors (Lipinski definition) is 0. The summed E-state index contributed by atoms with van der Waals surface area (Å²) in [6.07, 6.45) is 0. The molecule has 0 atom stereocenters. The van der Waals surface area contributed by atoms with Crippen LogP contribution in [0.25, 0.3) is 27.5 Å². The summed E-state index contributed by atoms with van der Waals surface area (Å²) in [5.41, 5.74) is 30.7. The van der Waals surface area contributed by atoms with Crippen LogP contribution in [0, 0.1) is 0 Å². The second kappa shape index (κ2) is 20.5. The lowest BCUT2D eigenvalue weighted by Crippen LogP contribution is -2.61. The van der Waals surface area contributed by atoms with E-state index in [0.717, 1.165) is 28.4 Å². The molecule has 0 bridgehead atoms. The third-order valence-electron chi connectivity index (χ3n) is 21.5. The van der Waals surface area contributed by atoms with Crippen LogP contribution in [-0.4, -0.2) is 11.3 Å². The van der Waals surface area contributed by atoms with E-state index in [0.29, 0.717) is 0 Å². The van der Waals surface area contributed by atoms with Crippen LogP contribution >= 0.6 is 0 Å². The SMILES string of the molecule is CC(C)(C)c1cc(N2c3cc(N4c5ccccc5C(C)(C)c5ccccc54)ccc3B3c4ccc(N5c6ccccc6C(C)(C)c6ccccc65)cc4N(c4cc(C(C)(C)C)cc(C(C)(C)C)c4)c4cc(-n5c6ccccc6c6ccccc65)cc2c43)cc(C(C)(C)C)c1. The van der Waals surface area contributed by atoms with Crippen molar-refractivity contribution in [1.29, 1.82) is 0 Å². The lowest BCUT2D eigenvalue weighted by molar-refractivity contribution is 0.568. The second-order valence-corrected chi connectivity index (χ2v) is 32.4. The Kier molecular flexibility index (Phi) is 13.0. The molecule has 6 heteroatoms. The maximum atomic E-state index is 2.69. The molecule has 5 nitrogen and oxygen atoms in total. The number of para-hydroxylation sites is 6. The van der Waals surface area contributed by atoms with Crippen molar-refractivity contribution in [2.75, 3.05) is 19.6 Å². The van der Waals surface area contributed by atoms with Crippen molar-refractivity contribution in [3.8, 4) is 5.69 Å². The Bertz CT molecular complexity index is 4650. The minimum absolute atomic E-state index is 0.154. The molecule has 4 aliphatic rings. The third-order valence-corrected chi connectivity index (χ3v) is 21.5. The monoisotopic (exact) mass is 1220 g/mol. The van der Waals surface area contributed by atoms with Gasteiger partial charge in [-0.15, -0.1) is 0 Å². The van der Waals surface area contributed by atoms with Gasteiger partial charge in [-0.3, -0.25) is 0 Å². The molecule has 0 saturated heterocycles. The van der Waals surface area contributed by atoms with Gasteiger partial charge in [0.15, 0.2) is 0 Å². The van der Waals surface area contributed by atoms with Crippen LogP contribution < -0.4 is 36.0 Å². The average molecular weight is 1220 g/mol. The predicted octanol–water partition coefficient (Wildman–Crippen LogP) is 22.3. The minimum Gasteiger partial charge on any atom is -0.311 e. The van der Waals surface area contributed by atoms with E-state index in [9.17, 15) is 0 Å². The fourth-order valence-corrected chi connectivity index (χ4v) is 16.2. The van der Waals surface area contributed by atoms with Crippen molar-refractivity contribution >= 4 is 113 Å². The summed E-state index contributed by atoms with van der Waals surface area (Å²) in [5.74, 6) is 0. The zero-order chi connectivity index (χ0) is 65.5. The lowest BCUT2D eigenvalue weighted by atomic mass is 9.33. The maximum Gasteiger partial charge on any atom is 0.252 e. The summed E-state index contributed by atoms with van der Waals surface area (Å²) >= 11 is 0. The highest BCUT2D eigenvalue weighted by atomic mass is 15.2. The van der Waals surface area contributed by atoms with Crippen molar-refractivity contribution in [1.82, 2.24) is 4.57 Å². The highest BCUT2D eigenvalue weighted by Crippen LogP contribution is 2.57. The fourth-order valence-electron chi connectivity index (χ4n) is 16.2. The van der Waals surface area contributed by atoms with Gasteiger partial charge in [-0.25, -0.2) is 0 Å². The molecule has 0 aliphatic carbocycles.